The fourth-order valence-corrected chi connectivity index (χ4v) is 5.18. The summed E-state index contributed by atoms with van der Waals surface area (Å²) in [6, 6.07) is 7.49. The van der Waals surface area contributed by atoms with Gasteiger partial charge < -0.3 is 15.5 Å². The summed E-state index contributed by atoms with van der Waals surface area (Å²) < 4.78 is 0. The van der Waals surface area contributed by atoms with Gasteiger partial charge >= 0.3 is 0 Å². The molecule has 0 atom stereocenters. The van der Waals surface area contributed by atoms with Gasteiger partial charge in [-0.1, -0.05) is 36.2 Å². The highest BCUT2D eigenvalue weighted by Crippen LogP contribution is 2.45. The van der Waals surface area contributed by atoms with Gasteiger partial charge in [0.15, 0.2) is 0 Å². The van der Waals surface area contributed by atoms with Crippen LogP contribution < -0.4 is 15.5 Å². The monoisotopic (exact) mass is 450 g/mol. The fourth-order valence-electron chi connectivity index (χ4n) is 3.45. The van der Waals surface area contributed by atoms with Gasteiger partial charge in [-0.05, 0) is 37.9 Å². The molecular formula is C21H24Cl2N4OS. The number of hydrogen-bond donors (Lipinski definition) is 2. The highest BCUT2D eigenvalue weighted by atomic mass is 35.5. The molecule has 0 saturated carbocycles. The Labute approximate surface area is 185 Å². The molecule has 29 heavy (non-hydrogen) atoms. The number of likely N-dealkylation sites (N-methyl/N-ethyl adjacent to an activating group) is 1. The molecule has 1 aromatic heterocycles. The Morgan fingerprint density at radius 3 is 2.66 bits per heavy atom. The summed E-state index contributed by atoms with van der Waals surface area (Å²) in [7, 11) is 1.83. The molecular weight excluding hydrogens is 427 g/mol. The van der Waals surface area contributed by atoms with Crippen LogP contribution in [0, 0.1) is 17.2 Å². The smallest absolute Gasteiger partial charge is 0.262 e. The van der Waals surface area contributed by atoms with Gasteiger partial charge in [0.05, 0.1) is 5.56 Å². The summed E-state index contributed by atoms with van der Waals surface area (Å²) in [4.78, 5) is 15.7. The number of nitrogens with one attached hydrogen (secondary N) is 2. The molecule has 154 valence electrons. The lowest BCUT2D eigenvalue weighted by Gasteiger charge is -2.31. The first-order valence-corrected chi connectivity index (χ1v) is 11.2. The summed E-state index contributed by atoms with van der Waals surface area (Å²) >= 11 is 13.9. The van der Waals surface area contributed by atoms with Crippen LogP contribution in [-0.4, -0.2) is 39.1 Å². The lowest BCUT2D eigenvalue weighted by Crippen LogP contribution is -2.32. The van der Waals surface area contributed by atoms with Crippen molar-refractivity contribution in [1.82, 2.24) is 10.6 Å². The number of carbonyl (C=O) groups excluding carboxylic acids is 1. The summed E-state index contributed by atoms with van der Waals surface area (Å²) in [5, 5.41) is 17.7. The van der Waals surface area contributed by atoms with Crippen molar-refractivity contribution < 1.29 is 4.79 Å². The summed E-state index contributed by atoms with van der Waals surface area (Å²) in [6.45, 7) is 5.17. The van der Waals surface area contributed by atoms with Crippen LogP contribution in [0.2, 0.25) is 10.0 Å². The molecule has 2 aromatic rings. The average Bonchev–Trinajstić information content (AvgIpc) is 3.08. The van der Waals surface area contributed by atoms with E-state index < -0.39 is 0 Å². The Morgan fingerprint density at radius 2 is 2.03 bits per heavy atom. The van der Waals surface area contributed by atoms with Crippen LogP contribution in [0.1, 0.15) is 35.0 Å². The SMILES string of the molecule is CNCCNC(=O)c1sc(N2CCC(C)CC2)c(C#N)c1-c1ccc(Cl)cc1Cl. The van der Waals surface area contributed by atoms with Crippen LogP contribution in [0.15, 0.2) is 18.2 Å². The predicted octanol–water partition coefficient (Wildman–Crippen LogP) is 4.78. The number of nitrogens with zero attached hydrogens (tertiary/aromatic N) is 2. The van der Waals surface area contributed by atoms with E-state index in [0.29, 0.717) is 50.6 Å². The van der Waals surface area contributed by atoms with Crippen molar-refractivity contribution >= 4 is 45.4 Å². The minimum atomic E-state index is -0.195. The molecule has 1 aliphatic rings. The minimum absolute atomic E-state index is 0.195. The second kappa shape index (κ2) is 9.82. The third-order valence-electron chi connectivity index (χ3n) is 5.14. The minimum Gasteiger partial charge on any atom is -0.362 e. The first-order valence-electron chi connectivity index (χ1n) is 9.66. The lowest BCUT2D eigenvalue weighted by molar-refractivity contribution is 0.0959. The number of anilines is 1. The maximum atomic E-state index is 13.0. The molecule has 5 nitrogen and oxygen atoms in total. The van der Waals surface area contributed by atoms with Crippen molar-refractivity contribution in [1.29, 1.82) is 5.26 Å². The van der Waals surface area contributed by atoms with Crippen molar-refractivity contribution in [2.45, 2.75) is 19.8 Å². The van der Waals surface area contributed by atoms with E-state index in [0.717, 1.165) is 30.9 Å². The normalized spacial score (nSPS) is 14.7. The molecule has 0 spiro atoms. The molecule has 1 amide bonds. The maximum absolute atomic E-state index is 13.0. The van der Waals surface area contributed by atoms with Gasteiger partial charge in [0, 0.05) is 47.4 Å². The quantitative estimate of drug-likeness (QED) is 0.621. The highest BCUT2D eigenvalue weighted by molar-refractivity contribution is 7.19. The van der Waals surface area contributed by atoms with Crippen LogP contribution in [0.25, 0.3) is 11.1 Å². The third kappa shape index (κ3) is 4.87. The third-order valence-corrected chi connectivity index (χ3v) is 6.94. The van der Waals surface area contributed by atoms with Gasteiger partial charge in [0.1, 0.15) is 15.9 Å². The Balaban J connectivity index is 2.10. The lowest BCUT2D eigenvalue weighted by atomic mass is 9.98. The Hall–Kier alpha value is -1.78. The van der Waals surface area contributed by atoms with Crippen LogP contribution in [0.4, 0.5) is 5.00 Å². The van der Waals surface area contributed by atoms with Crippen molar-refractivity contribution in [3.8, 4) is 17.2 Å². The van der Waals surface area contributed by atoms with Gasteiger partial charge in [0.2, 0.25) is 0 Å². The number of benzene rings is 1. The van der Waals surface area contributed by atoms with Crippen molar-refractivity contribution in [3.63, 3.8) is 0 Å². The van der Waals surface area contributed by atoms with E-state index in [2.05, 4.69) is 28.5 Å². The number of rotatable bonds is 6. The number of nitriles is 1. The van der Waals surface area contributed by atoms with Crippen LogP contribution >= 0.6 is 34.5 Å². The van der Waals surface area contributed by atoms with E-state index in [4.69, 9.17) is 23.2 Å². The number of carbonyl (C=O) groups is 1. The van der Waals surface area contributed by atoms with E-state index >= 15 is 0 Å². The molecule has 0 aliphatic carbocycles. The molecule has 1 fully saturated rings. The predicted molar refractivity (Wildman–Crippen MR) is 121 cm³/mol. The van der Waals surface area contributed by atoms with Crippen molar-refractivity contribution in [2.24, 2.45) is 5.92 Å². The first kappa shape index (κ1) is 21.9. The molecule has 8 heteroatoms. The average molecular weight is 451 g/mol. The van der Waals surface area contributed by atoms with Gasteiger partial charge in [0.25, 0.3) is 5.91 Å². The topological polar surface area (TPSA) is 68.2 Å². The van der Waals surface area contributed by atoms with Gasteiger partial charge in [-0.25, -0.2) is 0 Å². The summed E-state index contributed by atoms with van der Waals surface area (Å²) in [5.74, 6) is 0.477. The molecule has 2 heterocycles. The summed E-state index contributed by atoms with van der Waals surface area (Å²) in [5.41, 5.74) is 1.75. The van der Waals surface area contributed by atoms with E-state index in [1.807, 2.05) is 7.05 Å². The number of hydrogen-bond acceptors (Lipinski definition) is 5. The van der Waals surface area contributed by atoms with Crippen LogP contribution in [0.3, 0.4) is 0 Å². The van der Waals surface area contributed by atoms with Gasteiger partial charge in [-0.15, -0.1) is 11.3 Å². The fraction of sp³-hybridized carbons (Fsp3) is 0.429. The molecule has 0 radical (unpaired) electrons. The molecule has 1 saturated heterocycles. The number of amides is 1. The zero-order chi connectivity index (χ0) is 21.0. The Kier molecular flexibility index (Phi) is 7.42. The molecule has 2 N–H and O–H groups in total. The van der Waals surface area contributed by atoms with E-state index in [9.17, 15) is 10.1 Å². The Bertz CT molecular complexity index is 929. The van der Waals surface area contributed by atoms with Gasteiger partial charge in [-0.2, -0.15) is 5.26 Å². The largest absolute Gasteiger partial charge is 0.362 e. The van der Waals surface area contributed by atoms with Gasteiger partial charge in [-0.3, -0.25) is 4.79 Å². The first-order chi connectivity index (χ1) is 14.0. The molecule has 0 bridgehead atoms. The number of piperidine rings is 1. The zero-order valence-electron chi connectivity index (χ0n) is 16.5. The van der Waals surface area contributed by atoms with Crippen LogP contribution in [-0.2, 0) is 0 Å². The second-order valence-corrected chi connectivity index (χ2v) is 9.09. The van der Waals surface area contributed by atoms with E-state index in [-0.39, 0.29) is 5.91 Å². The van der Waals surface area contributed by atoms with Crippen molar-refractivity contribution in [3.05, 3.63) is 38.7 Å². The highest BCUT2D eigenvalue weighted by Gasteiger charge is 2.29. The van der Waals surface area contributed by atoms with E-state index in [1.54, 1.807) is 18.2 Å². The maximum Gasteiger partial charge on any atom is 0.262 e. The zero-order valence-corrected chi connectivity index (χ0v) is 18.8. The standard InChI is InChI=1S/C21H24Cl2N4OS/c1-13-5-9-27(10-6-13)21-16(12-24)18(15-4-3-14(22)11-17(15)23)19(29-21)20(28)26-8-7-25-2/h3-4,11,13,25H,5-10H2,1-2H3,(H,26,28). The molecule has 3 rings (SSSR count). The molecule has 1 aliphatic heterocycles. The van der Waals surface area contributed by atoms with E-state index in [1.165, 1.54) is 11.3 Å². The van der Waals surface area contributed by atoms with Crippen molar-refractivity contribution in [2.75, 3.05) is 38.1 Å². The molecule has 0 unspecified atom stereocenters. The molecule has 1 aromatic carbocycles. The summed E-state index contributed by atoms with van der Waals surface area (Å²) in [6.07, 6.45) is 2.15. The number of thiophene rings is 1. The number of halogens is 2. The Morgan fingerprint density at radius 1 is 1.31 bits per heavy atom. The second-order valence-electron chi connectivity index (χ2n) is 7.25. The van der Waals surface area contributed by atoms with Crippen LogP contribution in [0.5, 0.6) is 0 Å².